The van der Waals surface area contributed by atoms with Crippen LogP contribution >= 0.6 is 11.6 Å². The van der Waals surface area contributed by atoms with Gasteiger partial charge in [0.2, 0.25) is 10.0 Å². The van der Waals surface area contributed by atoms with Crippen molar-refractivity contribution in [3.05, 3.63) is 52.2 Å². The molecule has 0 unspecified atom stereocenters. The average Bonchev–Trinajstić information content (AvgIpc) is 2.54. The first-order chi connectivity index (χ1) is 12.0. The van der Waals surface area contributed by atoms with Crippen molar-refractivity contribution in [3.63, 3.8) is 0 Å². The minimum atomic E-state index is -4.53. The summed E-state index contributed by atoms with van der Waals surface area (Å²) in [6.07, 6.45) is -3.87. The van der Waals surface area contributed by atoms with E-state index >= 15 is 0 Å². The Morgan fingerprint density at radius 2 is 1.81 bits per heavy atom. The summed E-state index contributed by atoms with van der Waals surface area (Å²) in [4.78, 5) is 3.76. The van der Waals surface area contributed by atoms with Crippen LogP contribution in [0.15, 0.2) is 35.4 Å². The lowest BCUT2D eigenvalue weighted by atomic mass is 10.1. The normalized spacial score (nSPS) is 12.2. The molecule has 5 nitrogen and oxygen atoms in total. The lowest BCUT2D eigenvalue weighted by Crippen LogP contribution is -2.29. The molecule has 0 atom stereocenters. The molecule has 0 amide bonds. The fraction of sp³-hybridized carbons (Fsp3) is 0.312. The maximum Gasteiger partial charge on any atom is 0.417 e. The summed E-state index contributed by atoms with van der Waals surface area (Å²) in [5, 5.41) is 2.50. The van der Waals surface area contributed by atoms with Crippen LogP contribution in [0.5, 0.6) is 0 Å². The molecule has 0 bridgehead atoms. The van der Waals surface area contributed by atoms with Gasteiger partial charge in [0.1, 0.15) is 5.82 Å². The minimum absolute atomic E-state index is 0.00822. The maximum atomic E-state index is 12.6. The summed E-state index contributed by atoms with van der Waals surface area (Å²) in [7, 11) is -3.68. The number of pyridine rings is 1. The van der Waals surface area contributed by atoms with Crippen LogP contribution in [0, 0.1) is 13.8 Å². The second-order valence-electron chi connectivity index (χ2n) is 5.62. The van der Waals surface area contributed by atoms with Crippen molar-refractivity contribution in [2.45, 2.75) is 24.9 Å². The first-order valence-electron chi connectivity index (χ1n) is 7.54. The van der Waals surface area contributed by atoms with E-state index in [1.165, 1.54) is 6.07 Å². The predicted octanol–water partition coefficient (Wildman–Crippen LogP) is 3.76. The SMILES string of the molecule is Cc1ccc(S(=O)(=O)NCCNc2ncc(C(F)(F)F)cc2Cl)cc1C. The zero-order valence-corrected chi connectivity index (χ0v) is 15.6. The van der Waals surface area contributed by atoms with E-state index in [4.69, 9.17) is 11.6 Å². The molecule has 0 aliphatic heterocycles. The molecule has 142 valence electrons. The Kier molecular flexibility index (Phi) is 6.15. The van der Waals surface area contributed by atoms with Crippen LogP contribution in [0.3, 0.4) is 0 Å². The molecule has 0 saturated carbocycles. The van der Waals surface area contributed by atoms with Crippen LogP contribution in [0.4, 0.5) is 19.0 Å². The molecular weight excluding hydrogens is 391 g/mol. The van der Waals surface area contributed by atoms with Crippen LogP contribution in [-0.4, -0.2) is 26.5 Å². The molecule has 26 heavy (non-hydrogen) atoms. The summed E-state index contributed by atoms with van der Waals surface area (Å²) in [6, 6.07) is 5.55. The van der Waals surface area contributed by atoms with Crippen LogP contribution < -0.4 is 10.0 Å². The van der Waals surface area contributed by atoms with E-state index < -0.39 is 21.8 Å². The molecule has 2 rings (SSSR count). The van der Waals surface area contributed by atoms with Gasteiger partial charge in [0.15, 0.2) is 0 Å². The Hall–Kier alpha value is -1.84. The molecule has 2 aromatic rings. The van der Waals surface area contributed by atoms with Crippen LogP contribution in [0.2, 0.25) is 5.02 Å². The topological polar surface area (TPSA) is 71.1 Å². The third kappa shape index (κ3) is 5.09. The van der Waals surface area contributed by atoms with E-state index in [0.717, 1.165) is 17.2 Å². The molecule has 0 radical (unpaired) electrons. The molecule has 0 aliphatic rings. The highest BCUT2D eigenvalue weighted by molar-refractivity contribution is 7.89. The molecule has 0 saturated heterocycles. The second-order valence-corrected chi connectivity index (χ2v) is 7.80. The number of aryl methyl sites for hydroxylation is 2. The summed E-state index contributed by atoms with van der Waals surface area (Å²) in [5.74, 6) is 0.0463. The Labute approximate surface area is 154 Å². The third-order valence-electron chi connectivity index (χ3n) is 3.67. The van der Waals surface area contributed by atoms with Crippen molar-refractivity contribution in [1.29, 1.82) is 0 Å². The minimum Gasteiger partial charge on any atom is -0.368 e. The van der Waals surface area contributed by atoms with Gasteiger partial charge in [-0.3, -0.25) is 0 Å². The highest BCUT2D eigenvalue weighted by Gasteiger charge is 2.31. The van der Waals surface area contributed by atoms with Gasteiger partial charge in [0.05, 0.1) is 15.5 Å². The zero-order valence-electron chi connectivity index (χ0n) is 14.0. The number of nitrogens with one attached hydrogen (secondary N) is 2. The molecule has 1 aromatic heterocycles. The molecule has 0 fully saturated rings. The summed E-state index contributed by atoms with van der Waals surface area (Å²) in [5.41, 5.74) is 0.879. The smallest absolute Gasteiger partial charge is 0.368 e. The number of halogens is 4. The maximum absolute atomic E-state index is 12.6. The van der Waals surface area contributed by atoms with E-state index in [9.17, 15) is 21.6 Å². The number of hydrogen-bond acceptors (Lipinski definition) is 4. The summed E-state index contributed by atoms with van der Waals surface area (Å²) >= 11 is 5.77. The van der Waals surface area contributed by atoms with E-state index in [0.29, 0.717) is 6.20 Å². The van der Waals surface area contributed by atoms with Gasteiger partial charge < -0.3 is 5.32 Å². The predicted molar refractivity (Wildman–Crippen MR) is 93.8 cm³/mol. The Balaban J connectivity index is 1.95. The number of alkyl halides is 3. The molecule has 2 N–H and O–H groups in total. The Morgan fingerprint density at radius 1 is 1.12 bits per heavy atom. The first kappa shape index (κ1) is 20.5. The zero-order chi connectivity index (χ0) is 19.5. The molecule has 1 heterocycles. The number of anilines is 1. The van der Waals surface area contributed by atoms with Gasteiger partial charge >= 0.3 is 6.18 Å². The number of benzene rings is 1. The fourth-order valence-electron chi connectivity index (χ4n) is 2.05. The van der Waals surface area contributed by atoms with Gasteiger partial charge in [0, 0.05) is 19.3 Å². The standard InChI is InChI=1S/C16H17ClF3N3O2S/c1-10-3-4-13(7-11(10)2)26(24,25)23-6-5-21-15-14(17)8-12(9-22-15)16(18,19)20/h3-4,7-9,23H,5-6H2,1-2H3,(H,21,22). The van der Waals surface area contributed by atoms with Gasteiger partial charge in [-0.25, -0.2) is 18.1 Å². The lowest BCUT2D eigenvalue weighted by molar-refractivity contribution is -0.137. The van der Waals surface area contributed by atoms with Gasteiger partial charge in [-0.15, -0.1) is 0 Å². The molecule has 10 heteroatoms. The monoisotopic (exact) mass is 407 g/mol. The van der Waals surface area contributed by atoms with Crippen molar-refractivity contribution in [3.8, 4) is 0 Å². The number of rotatable bonds is 6. The Morgan fingerprint density at radius 3 is 2.38 bits per heavy atom. The van der Waals surface area contributed by atoms with Gasteiger partial charge in [-0.2, -0.15) is 13.2 Å². The van der Waals surface area contributed by atoms with Crippen molar-refractivity contribution in [2.24, 2.45) is 0 Å². The van der Waals surface area contributed by atoms with E-state index in [2.05, 4.69) is 15.0 Å². The summed E-state index contributed by atoms with van der Waals surface area (Å²) < 4.78 is 64.5. The molecule has 0 spiro atoms. The number of aromatic nitrogens is 1. The van der Waals surface area contributed by atoms with Crippen molar-refractivity contribution in [1.82, 2.24) is 9.71 Å². The van der Waals surface area contributed by atoms with Crippen LogP contribution in [0.25, 0.3) is 0 Å². The first-order valence-corrected chi connectivity index (χ1v) is 9.40. The van der Waals surface area contributed by atoms with Gasteiger partial charge in [0.25, 0.3) is 0 Å². The lowest BCUT2D eigenvalue weighted by Gasteiger charge is -2.12. The van der Waals surface area contributed by atoms with Crippen LogP contribution in [0.1, 0.15) is 16.7 Å². The highest BCUT2D eigenvalue weighted by Crippen LogP contribution is 2.32. The van der Waals surface area contributed by atoms with Crippen molar-refractivity contribution in [2.75, 3.05) is 18.4 Å². The van der Waals surface area contributed by atoms with Gasteiger partial charge in [-0.05, 0) is 43.2 Å². The number of sulfonamides is 1. The van der Waals surface area contributed by atoms with E-state index in [1.807, 2.05) is 13.8 Å². The quantitative estimate of drug-likeness (QED) is 0.715. The van der Waals surface area contributed by atoms with Crippen molar-refractivity contribution >= 4 is 27.4 Å². The van der Waals surface area contributed by atoms with Gasteiger partial charge in [-0.1, -0.05) is 17.7 Å². The van der Waals surface area contributed by atoms with Crippen LogP contribution in [-0.2, 0) is 16.2 Å². The molecule has 0 aliphatic carbocycles. The largest absolute Gasteiger partial charge is 0.417 e. The van der Waals surface area contributed by atoms with E-state index in [-0.39, 0.29) is 28.8 Å². The number of hydrogen-bond donors (Lipinski definition) is 2. The highest BCUT2D eigenvalue weighted by atomic mass is 35.5. The average molecular weight is 408 g/mol. The second kappa shape index (κ2) is 7.81. The Bertz CT molecular complexity index is 902. The van der Waals surface area contributed by atoms with Crippen molar-refractivity contribution < 1.29 is 21.6 Å². The number of nitrogens with zero attached hydrogens (tertiary/aromatic N) is 1. The third-order valence-corrected chi connectivity index (χ3v) is 5.41. The fourth-order valence-corrected chi connectivity index (χ4v) is 3.40. The molecular formula is C16H17ClF3N3O2S. The summed E-state index contributed by atoms with van der Waals surface area (Å²) in [6.45, 7) is 3.80. The molecule has 1 aromatic carbocycles. The van der Waals surface area contributed by atoms with E-state index in [1.54, 1.807) is 12.1 Å².